The third kappa shape index (κ3) is 2.80. The average molecular weight is 286 g/mol. The molecule has 2 amide bonds. The summed E-state index contributed by atoms with van der Waals surface area (Å²) >= 11 is 0. The van der Waals surface area contributed by atoms with Gasteiger partial charge in [0.2, 0.25) is 11.8 Å². The Morgan fingerprint density at radius 1 is 1.19 bits per heavy atom. The molecule has 1 aromatic rings. The number of amides is 2. The molecule has 2 unspecified atom stereocenters. The predicted molar refractivity (Wildman–Crippen MR) is 80.6 cm³/mol. The minimum Gasteiger partial charge on any atom is -0.342 e. The van der Waals surface area contributed by atoms with Crippen LogP contribution in [0.4, 0.5) is 0 Å². The van der Waals surface area contributed by atoms with Crippen molar-refractivity contribution in [3.8, 4) is 0 Å². The predicted octanol–water partition coefficient (Wildman–Crippen LogP) is 1.74. The normalized spacial score (nSPS) is 26.1. The largest absolute Gasteiger partial charge is 0.342 e. The first-order valence-electron chi connectivity index (χ1n) is 7.74. The Labute approximate surface area is 125 Å². The fourth-order valence-corrected chi connectivity index (χ4v) is 3.13. The summed E-state index contributed by atoms with van der Waals surface area (Å²) in [4.78, 5) is 27.1. The van der Waals surface area contributed by atoms with E-state index >= 15 is 0 Å². The number of nitrogens with zero attached hydrogens (tertiary/aromatic N) is 1. The van der Waals surface area contributed by atoms with Gasteiger partial charge in [-0.25, -0.2) is 0 Å². The molecule has 1 aliphatic carbocycles. The first-order valence-corrected chi connectivity index (χ1v) is 7.74. The van der Waals surface area contributed by atoms with Crippen LogP contribution in [0, 0.1) is 5.92 Å². The molecule has 2 aliphatic rings. The Morgan fingerprint density at radius 3 is 2.43 bits per heavy atom. The molecule has 0 aromatic heterocycles. The van der Waals surface area contributed by atoms with Crippen LogP contribution in [0.1, 0.15) is 32.3 Å². The number of nitrogens with one attached hydrogen (secondary N) is 1. The van der Waals surface area contributed by atoms with Crippen molar-refractivity contribution in [3.05, 3.63) is 35.9 Å². The van der Waals surface area contributed by atoms with Crippen LogP contribution >= 0.6 is 0 Å². The van der Waals surface area contributed by atoms with Crippen molar-refractivity contribution in [2.45, 2.75) is 51.2 Å². The standard InChI is InChI=1S/C17H22N2O2/c1-11(2)15-16(20)18-14(10-12-6-4-3-5-7-12)17(21)19(15)13-8-9-13/h3-7,11,13-15H,8-10H2,1-2H3,(H,18,20). The number of carbonyl (C=O) groups is 2. The summed E-state index contributed by atoms with van der Waals surface area (Å²) in [5.41, 5.74) is 1.08. The van der Waals surface area contributed by atoms with Crippen LogP contribution in [0.5, 0.6) is 0 Å². The third-order valence-corrected chi connectivity index (χ3v) is 4.29. The summed E-state index contributed by atoms with van der Waals surface area (Å²) in [5.74, 6) is 0.226. The van der Waals surface area contributed by atoms with E-state index < -0.39 is 6.04 Å². The maximum atomic E-state index is 12.8. The van der Waals surface area contributed by atoms with Crippen molar-refractivity contribution in [3.63, 3.8) is 0 Å². The lowest BCUT2D eigenvalue weighted by Crippen LogP contribution is -2.65. The van der Waals surface area contributed by atoms with Gasteiger partial charge in [0.1, 0.15) is 12.1 Å². The van der Waals surface area contributed by atoms with E-state index in [-0.39, 0.29) is 29.8 Å². The highest BCUT2D eigenvalue weighted by Crippen LogP contribution is 2.33. The van der Waals surface area contributed by atoms with E-state index in [1.807, 2.05) is 49.1 Å². The van der Waals surface area contributed by atoms with Gasteiger partial charge in [-0.3, -0.25) is 9.59 Å². The van der Waals surface area contributed by atoms with Gasteiger partial charge in [0, 0.05) is 12.5 Å². The maximum Gasteiger partial charge on any atom is 0.246 e. The summed E-state index contributed by atoms with van der Waals surface area (Å²) in [6.07, 6.45) is 2.63. The van der Waals surface area contributed by atoms with E-state index in [0.29, 0.717) is 6.42 Å². The summed E-state index contributed by atoms with van der Waals surface area (Å²) < 4.78 is 0. The molecule has 21 heavy (non-hydrogen) atoms. The van der Waals surface area contributed by atoms with Crippen LogP contribution in [0.25, 0.3) is 0 Å². The van der Waals surface area contributed by atoms with E-state index in [4.69, 9.17) is 0 Å². The molecule has 1 saturated carbocycles. The molecule has 1 aliphatic heterocycles. The van der Waals surface area contributed by atoms with E-state index in [9.17, 15) is 9.59 Å². The van der Waals surface area contributed by atoms with Crippen molar-refractivity contribution in [1.82, 2.24) is 10.2 Å². The van der Waals surface area contributed by atoms with Crippen molar-refractivity contribution in [1.29, 1.82) is 0 Å². The van der Waals surface area contributed by atoms with E-state index in [0.717, 1.165) is 18.4 Å². The Hall–Kier alpha value is -1.84. The molecule has 0 bridgehead atoms. The number of carbonyl (C=O) groups excluding carboxylic acids is 2. The number of benzene rings is 1. The van der Waals surface area contributed by atoms with Crippen LogP contribution in [0.2, 0.25) is 0 Å². The molecule has 4 nitrogen and oxygen atoms in total. The van der Waals surface area contributed by atoms with E-state index in [2.05, 4.69) is 5.32 Å². The Morgan fingerprint density at radius 2 is 1.86 bits per heavy atom. The van der Waals surface area contributed by atoms with Gasteiger partial charge in [-0.2, -0.15) is 0 Å². The van der Waals surface area contributed by atoms with Gasteiger partial charge in [0.05, 0.1) is 0 Å². The van der Waals surface area contributed by atoms with Gasteiger partial charge in [0.25, 0.3) is 0 Å². The van der Waals surface area contributed by atoms with Crippen molar-refractivity contribution >= 4 is 11.8 Å². The third-order valence-electron chi connectivity index (χ3n) is 4.29. The van der Waals surface area contributed by atoms with Gasteiger partial charge in [-0.15, -0.1) is 0 Å². The van der Waals surface area contributed by atoms with Gasteiger partial charge in [0.15, 0.2) is 0 Å². The van der Waals surface area contributed by atoms with Crippen molar-refractivity contribution < 1.29 is 9.59 Å². The zero-order chi connectivity index (χ0) is 15.0. The molecule has 1 saturated heterocycles. The highest BCUT2D eigenvalue weighted by Gasteiger charge is 2.47. The van der Waals surface area contributed by atoms with E-state index in [1.54, 1.807) is 0 Å². The van der Waals surface area contributed by atoms with Crippen LogP contribution < -0.4 is 5.32 Å². The van der Waals surface area contributed by atoms with Gasteiger partial charge in [-0.1, -0.05) is 44.2 Å². The second kappa shape index (κ2) is 5.51. The Kier molecular flexibility index (Phi) is 3.70. The Bertz CT molecular complexity index is 537. The minimum absolute atomic E-state index is 0.00238. The fourth-order valence-electron chi connectivity index (χ4n) is 3.13. The second-order valence-electron chi connectivity index (χ2n) is 6.42. The zero-order valence-corrected chi connectivity index (χ0v) is 12.6. The first kappa shape index (κ1) is 14.1. The average Bonchev–Trinajstić information content (AvgIpc) is 3.27. The lowest BCUT2D eigenvalue weighted by atomic mass is 9.94. The molecule has 0 spiro atoms. The summed E-state index contributed by atoms with van der Waals surface area (Å²) in [6, 6.07) is 9.41. The van der Waals surface area contributed by atoms with Crippen LogP contribution in [0.3, 0.4) is 0 Å². The number of piperazine rings is 1. The van der Waals surface area contributed by atoms with Crippen molar-refractivity contribution in [2.75, 3.05) is 0 Å². The lowest BCUT2D eigenvalue weighted by molar-refractivity contribution is -0.151. The topological polar surface area (TPSA) is 49.4 Å². The smallest absolute Gasteiger partial charge is 0.246 e. The zero-order valence-electron chi connectivity index (χ0n) is 12.6. The second-order valence-corrected chi connectivity index (χ2v) is 6.42. The Balaban J connectivity index is 1.81. The minimum atomic E-state index is -0.421. The van der Waals surface area contributed by atoms with Gasteiger partial charge >= 0.3 is 0 Å². The molecule has 1 heterocycles. The molecular weight excluding hydrogens is 264 g/mol. The summed E-state index contributed by atoms with van der Waals surface area (Å²) in [5, 5.41) is 2.93. The van der Waals surface area contributed by atoms with E-state index in [1.165, 1.54) is 0 Å². The molecule has 2 atom stereocenters. The molecule has 112 valence electrons. The number of hydrogen-bond acceptors (Lipinski definition) is 2. The molecular formula is C17H22N2O2. The highest BCUT2D eigenvalue weighted by molar-refractivity contribution is 5.97. The van der Waals surface area contributed by atoms with Crippen LogP contribution in [-0.2, 0) is 16.0 Å². The monoisotopic (exact) mass is 286 g/mol. The van der Waals surface area contributed by atoms with Crippen LogP contribution in [-0.4, -0.2) is 34.8 Å². The molecule has 1 aromatic carbocycles. The fraction of sp³-hybridized carbons (Fsp3) is 0.529. The molecule has 4 heteroatoms. The molecule has 2 fully saturated rings. The number of hydrogen-bond donors (Lipinski definition) is 1. The molecule has 0 radical (unpaired) electrons. The molecule has 3 rings (SSSR count). The quantitative estimate of drug-likeness (QED) is 0.916. The van der Waals surface area contributed by atoms with Gasteiger partial charge < -0.3 is 10.2 Å². The highest BCUT2D eigenvalue weighted by atomic mass is 16.2. The maximum absolute atomic E-state index is 12.8. The summed E-state index contributed by atoms with van der Waals surface area (Å²) in [7, 11) is 0. The SMILES string of the molecule is CC(C)C1C(=O)NC(Cc2ccccc2)C(=O)N1C1CC1. The first-order chi connectivity index (χ1) is 10.1. The lowest BCUT2D eigenvalue weighted by Gasteiger charge is -2.41. The van der Waals surface area contributed by atoms with Crippen LogP contribution in [0.15, 0.2) is 30.3 Å². The van der Waals surface area contributed by atoms with Gasteiger partial charge in [-0.05, 0) is 24.3 Å². The summed E-state index contributed by atoms with van der Waals surface area (Å²) in [6.45, 7) is 4.01. The molecule has 1 N–H and O–H groups in total. The number of rotatable bonds is 4. The van der Waals surface area contributed by atoms with Crippen molar-refractivity contribution in [2.24, 2.45) is 5.92 Å².